The van der Waals surface area contributed by atoms with E-state index in [1.54, 1.807) is 24.3 Å². The molecule has 11 nitrogen and oxygen atoms in total. The van der Waals surface area contributed by atoms with Crippen LogP contribution in [0.3, 0.4) is 0 Å². The van der Waals surface area contributed by atoms with E-state index in [0.29, 0.717) is 22.8 Å². The Morgan fingerprint density at radius 2 is 1.82 bits per heavy atom. The van der Waals surface area contributed by atoms with Crippen molar-refractivity contribution in [2.24, 2.45) is 11.5 Å². The van der Waals surface area contributed by atoms with E-state index >= 15 is 0 Å². The summed E-state index contributed by atoms with van der Waals surface area (Å²) >= 11 is 0. The number of hydrogen-bond acceptors (Lipinski definition) is 6. The number of hydrogen-bond donors (Lipinski definition) is 3. The van der Waals surface area contributed by atoms with Gasteiger partial charge in [-0.15, -0.1) is 5.10 Å². The zero-order valence-corrected chi connectivity index (χ0v) is 21.5. The third-order valence-corrected chi connectivity index (χ3v) is 7.03. The number of carbonyl (C=O) groups is 3. The second kappa shape index (κ2) is 10.4. The maximum absolute atomic E-state index is 14.3. The van der Waals surface area contributed by atoms with Gasteiger partial charge in [-0.05, 0) is 71.1 Å². The highest BCUT2D eigenvalue weighted by atomic mass is 16.2. The minimum absolute atomic E-state index is 0.228. The zero-order chi connectivity index (χ0) is 27.7. The summed E-state index contributed by atoms with van der Waals surface area (Å²) in [6.07, 6.45) is 0.228. The first-order valence-electron chi connectivity index (χ1n) is 12.4. The normalized spacial score (nSPS) is 16.9. The van der Waals surface area contributed by atoms with Crippen LogP contribution in [0.25, 0.3) is 11.4 Å². The van der Waals surface area contributed by atoms with Crippen molar-refractivity contribution in [3.05, 3.63) is 89.0 Å². The van der Waals surface area contributed by atoms with Gasteiger partial charge in [0, 0.05) is 22.9 Å². The molecule has 4 aromatic rings. The number of aromatic amines is 1. The van der Waals surface area contributed by atoms with E-state index in [2.05, 4.69) is 20.6 Å². The fraction of sp³-hybridized carbons (Fsp3) is 0.214. The maximum Gasteiger partial charge on any atom is 0.320 e. The molecule has 4 amide bonds. The van der Waals surface area contributed by atoms with Gasteiger partial charge in [0.1, 0.15) is 12.6 Å². The number of rotatable bonds is 6. The van der Waals surface area contributed by atoms with Crippen molar-refractivity contribution in [2.75, 3.05) is 16.3 Å². The fourth-order valence-corrected chi connectivity index (χ4v) is 5.28. The average Bonchev–Trinajstić information content (AvgIpc) is 3.42. The maximum atomic E-state index is 14.3. The topological polar surface area (TPSA) is 164 Å². The van der Waals surface area contributed by atoms with Crippen LogP contribution in [0.4, 0.5) is 16.2 Å². The lowest BCUT2D eigenvalue weighted by atomic mass is 9.83. The third-order valence-electron chi connectivity index (χ3n) is 7.03. The molecule has 11 heteroatoms. The van der Waals surface area contributed by atoms with E-state index < -0.39 is 23.9 Å². The van der Waals surface area contributed by atoms with E-state index in [9.17, 15) is 14.4 Å². The molecule has 0 saturated carbocycles. The standard InChI is InChI=1S/C28H28N8O3/c1-16-10-11-21-22(20-9-4-3-6-17(20)2)14-24(27(38)35(15-25(29)37)23(21)12-16)36(28(30)39)19-8-5-7-18(13-19)26-31-33-34-32-26/h3-13,22,24H,14-15H2,1-2H3,(H2,29,37)(H2,30,39)(H,31,32,33,34). The van der Waals surface area contributed by atoms with Gasteiger partial charge in [-0.3, -0.25) is 14.5 Å². The number of benzene rings is 3. The number of aromatic nitrogens is 4. The number of carbonyl (C=O) groups excluding carboxylic acids is 3. The van der Waals surface area contributed by atoms with Gasteiger partial charge >= 0.3 is 6.03 Å². The highest BCUT2D eigenvalue weighted by Gasteiger charge is 2.41. The lowest BCUT2D eigenvalue weighted by Crippen LogP contribution is -2.54. The molecule has 0 spiro atoms. The van der Waals surface area contributed by atoms with Crippen LogP contribution in [0.15, 0.2) is 66.7 Å². The molecule has 0 saturated heterocycles. The van der Waals surface area contributed by atoms with Crippen LogP contribution in [0.1, 0.15) is 34.6 Å². The summed E-state index contributed by atoms with van der Waals surface area (Å²) in [4.78, 5) is 42.2. The molecule has 5 N–H and O–H groups in total. The van der Waals surface area contributed by atoms with Crippen LogP contribution < -0.4 is 21.3 Å². The number of tetrazole rings is 1. The van der Waals surface area contributed by atoms with Gasteiger partial charge < -0.3 is 16.4 Å². The predicted molar refractivity (Wildman–Crippen MR) is 146 cm³/mol. The van der Waals surface area contributed by atoms with Crippen molar-refractivity contribution in [1.82, 2.24) is 20.6 Å². The molecular weight excluding hydrogens is 496 g/mol. The van der Waals surface area contributed by atoms with Crippen molar-refractivity contribution >= 4 is 29.2 Å². The molecule has 0 radical (unpaired) electrons. The number of nitrogens with one attached hydrogen (secondary N) is 1. The monoisotopic (exact) mass is 524 g/mol. The number of anilines is 2. The van der Waals surface area contributed by atoms with Crippen LogP contribution in [0.5, 0.6) is 0 Å². The fourth-order valence-electron chi connectivity index (χ4n) is 5.28. The lowest BCUT2D eigenvalue weighted by Gasteiger charge is -2.32. The number of primary amides is 2. The Bertz CT molecular complexity index is 1550. The summed E-state index contributed by atoms with van der Waals surface area (Å²) in [6.45, 7) is 3.58. The summed E-state index contributed by atoms with van der Waals surface area (Å²) in [5, 5.41) is 13.9. The molecule has 0 bridgehead atoms. The molecule has 0 fully saturated rings. The van der Waals surface area contributed by atoms with Gasteiger partial charge in [-0.1, -0.05) is 48.5 Å². The largest absolute Gasteiger partial charge is 0.368 e. The molecule has 3 aromatic carbocycles. The van der Waals surface area contributed by atoms with Crippen molar-refractivity contribution in [2.45, 2.75) is 32.2 Å². The smallest absolute Gasteiger partial charge is 0.320 e. The highest BCUT2D eigenvalue weighted by Crippen LogP contribution is 2.42. The van der Waals surface area contributed by atoms with Crippen molar-refractivity contribution in [3.8, 4) is 11.4 Å². The van der Waals surface area contributed by atoms with E-state index in [1.165, 1.54) is 9.80 Å². The number of urea groups is 1. The molecule has 0 aliphatic carbocycles. The summed E-state index contributed by atoms with van der Waals surface area (Å²) in [5.41, 5.74) is 16.9. The Balaban J connectivity index is 1.70. The van der Waals surface area contributed by atoms with Crippen LogP contribution in [-0.2, 0) is 9.59 Å². The minimum atomic E-state index is -1.04. The second-order valence-electron chi connectivity index (χ2n) is 9.62. The van der Waals surface area contributed by atoms with Crippen LogP contribution in [0.2, 0.25) is 0 Å². The Hall–Kier alpha value is -5.06. The zero-order valence-electron chi connectivity index (χ0n) is 21.5. The molecule has 5 rings (SSSR count). The van der Waals surface area contributed by atoms with Crippen molar-refractivity contribution < 1.29 is 14.4 Å². The summed E-state index contributed by atoms with van der Waals surface area (Å²) in [5.74, 6) is -1.02. The first-order chi connectivity index (χ1) is 18.7. The van der Waals surface area contributed by atoms with Crippen LogP contribution >= 0.6 is 0 Å². The van der Waals surface area contributed by atoms with Crippen molar-refractivity contribution in [1.29, 1.82) is 0 Å². The predicted octanol–water partition coefficient (Wildman–Crippen LogP) is 2.79. The van der Waals surface area contributed by atoms with E-state index in [0.717, 1.165) is 22.3 Å². The number of fused-ring (bicyclic) bond motifs is 1. The Morgan fingerprint density at radius 3 is 2.51 bits per heavy atom. The lowest BCUT2D eigenvalue weighted by molar-refractivity contribution is -0.123. The van der Waals surface area contributed by atoms with Gasteiger partial charge in [0.15, 0.2) is 5.82 Å². The molecule has 1 aliphatic heterocycles. The Kier molecular flexibility index (Phi) is 6.80. The molecule has 2 atom stereocenters. The second-order valence-corrected chi connectivity index (χ2v) is 9.62. The highest BCUT2D eigenvalue weighted by molar-refractivity contribution is 6.08. The van der Waals surface area contributed by atoms with Crippen LogP contribution in [-0.4, -0.2) is 51.1 Å². The molecule has 39 heavy (non-hydrogen) atoms. The number of aryl methyl sites for hydroxylation is 2. The first-order valence-corrected chi connectivity index (χ1v) is 12.4. The average molecular weight is 525 g/mol. The van der Waals surface area contributed by atoms with Gasteiger partial charge in [0.2, 0.25) is 5.91 Å². The summed E-state index contributed by atoms with van der Waals surface area (Å²) in [6, 6.07) is 18.7. The number of H-pyrrole nitrogens is 1. The quantitative estimate of drug-likeness (QED) is 0.351. The minimum Gasteiger partial charge on any atom is -0.368 e. The SMILES string of the molecule is Cc1ccc2c(c1)N(CC(N)=O)C(=O)C(N(C(N)=O)c1cccc(-c3nnn[nH]3)c1)CC2c1ccccc1C. The van der Waals surface area contributed by atoms with Gasteiger partial charge in [-0.2, -0.15) is 0 Å². The van der Waals surface area contributed by atoms with E-state index in [-0.39, 0.29) is 18.9 Å². The number of amides is 4. The number of nitrogens with zero attached hydrogens (tertiary/aromatic N) is 5. The molecular formula is C28H28N8O3. The number of nitrogens with two attached hydrogens (primary N) is 2. The molecule has 1 aromatic heterocycles. The molecule has 1 aliphatic rings. The van der Waals surface area contributed by atoms with Gasteiger partial charge in [0.25, 0.3) is 5.91 Å². The van der Waals surface area contributed by atoms with Gasteiger partial charge in [-0.25, -0.2) is 9.89 Å². The molecule has 2 heterocycles. The van der Waals surface area contributed by atoms with E-state index in [1.807, 2.05) is 56.3 Å². The third kappa shape index (κ3) is 4.93. The Labute approximate surface area is 224 Å². The summed E-state index contributed by atoms with van der Waals surface area (Å²) in [7, 11) is 0. The molecule has 198 valence electrons. The molecule has 2 unspecified atom stereocenters. The first kappa shape index (κ1) is 25.6. The summed E-state index contributed by atoms with van der Waals surface area (Å²) < 4.78 is 0. The van der Waals surface area contributed by atoms with E-state index in [4.69, 9.17) is 11.5 Å². The Morgan fingerprint density at radius 1 is 1.03 bits per heavy atom. The van der Waals surface area contributed by atoms with Crippen molar-refractivity contribution in [3.63, 3.8) is 0 Å². The van der Waals surface area contributed by atoms with Crippen LogP contribution in [0, 0.1) is 13.8 Å². The van der Waals surface area contributed by atoms with Gasteiger partial charge in [0.05, 0.1) is 0 Å².